The van der Waals surface area contributed by atoms with Crippen molar-refractivity contribution in [2.24, 2.45) is 4.99 Å². The average molecular weight is 310 g/mol. The van der Waals surface area contributed by atoms with Crippen molar-refractivity contribution in [1.29, 1.82) is 0 Å². The van der Waals surface area contributed by atoms with Gasteiger partial charge in [-0.2, -0.15) is 0 Å². The van der Waals surface area contributed by atoms with Crippen molar-refractivity contribution in [3.05, 3.63) is 0 Å². The lowest BCUT2D eigenvalue weighted by Crippen LogP contribution is -2.03. The third-order valence-corrected chi connectivity index (χ3v) is 4.73. The summed E-state index contributed by atoms with van der Waals surface area (Å²) >= 11 is 0. The first-order valence-electron chi connectivity index (χ1n) is 10.1. The van der Waals surface area contributed by atoms with Gasteiger partial charge in [-0.15, -0.1) is 0 Å². The molecule has 1 atom stereocenters. The van der Waals surface area contributed by atoms with Gasteiger partial charge < -0.3 is 4.74 Å². The van der Waals surface area contributed by atoms with Gasteiger partial charge in [-0.3, -0.25) is 0 Å². The molecule has 0 amide bonds. The molecule has 0 saturated heterocycles. The minimum atomic E-state index is 0.442. The summed E-state index contributed by atoms with van der Waals surface area (Å²) in [5.41, 5.74) is 0. The second kappa shape index (κ2) is 14.1. The zero-order chi connectivity index (χ0) is 15.9. The van der Waals surface area contributed by atoms with Crippen LogP contribution in [-0.2, 0) is 4.74 Å². The van der Waals surface area contributed by atoms with Crippen LogP contribution in [0, 0.1) is 0 Å². The zero-order valence-electron chi connectivity index (χ0n) is 15.2. The lowest BCUT2D eigenvalue weighted by molar-refractivity contribution is 0.306. The van der Waals surface area contributed by atoms with E-state index in [4.69, 9.17) is 4.74 Å². The minimum absolute atomic E-state index is 0.442. The van der Waals surface area contributed by atoms with E-state index >= 15 is 0 Å². The summed E-state index contributed by atoms with van der Waals surface area (Å²) in [6.45, 7) is 5.30. The van der Waals surface area contributed by atoms with Gasteiger partial charge in [0, 0.05) is 6.42 Å². The largest absolute Gasteiger partial charge is 0.479 e. The third-order valence-electron chi connectivity index (χ3n) is 4.73. The van der Waals surface area contributed by atoms with Crippen LogP contribution in [0.3, 0.4) is 0 Å². The molecule has 1 aliphatic rings. The Morgan fingerprint density at radius 2 is 1.27 bits per heavy atom. The van der Waals surface area contributed by atoms with Gasteiger partial charge >= 0.3 is 0 Å². The number of ether oxygens (including phenoxy) is 1. The highest BCUT2D eigenvalue weighted by molar-refractivity contribution is 5.77. The lowest BCUT2D eigenvalue weighted by Gasteiger charge is -2.03. The van der Waals surface area contributed by atoms with Crippen LogP contribution in [0.15, 0.2) is 4.99 Å². The molecule has 1 unspecified atom stereocenters. The molecule has 130 valence electrons. The second-order valence-corrected chi connectivity index (χ2v) is 6.89. The average Bonchev–Trinajstić information content (AvgIpc) is 3.00. The Balaban J connectivity index is 1.75. The lowest BCUT2D eigenvalue weighted by atomic mass is 10.0. The maximum Gasteiger partial charge on any atom is 0.183 e. The van der Waals surface area contributed by atoms with E-state index in [0.717, 1.165) is 25.3 Å². The summed E-state index contributed by atoms with van der Waals surface area (Å²) in [4.78, 5) is 4.60. The molecule has 0 aromatic rings. The van der Waals surface area contributed by atoms with E-state index < -0.39 is 0 Å². The van der Waals surface area contributed by atoms with Crippen LogP contribution in [0.25, 0.3) is 0 Å². The van der Waals surface area contributed by atoms with E-state index in [2.05, 4.69) is 18.8 Å². The molecule has 22 heavy (non-hydrogen) atoms. The Morgan fingerprint density at radius 3 is 1.73 bits per heavy atom. The van der Waals surface area contributed by atoms with Crippen LogP contribution in [-0.4, -0.2) is 18.5 Å². The topological polar surface area (TPSA) is 21.6 Å². The molecular formula is C20H39NO. The molecule has 1 aliphatic heterocycles. The fourth-order valence-corrected chi connectivity index (χ4v) is 3.11. The molecule has 0 bridgehead atoms. The van der Waals surface area contributed by atoms with Gasteiger partial charge in [0.2, 0.25) is 0 Å². The first kappa shape index (κ1) is 19.5. The summed E-state index contributed by atoms with van der Waals surface area (Å²) in [6.07, 6.45) is 20.5. The van der Waals surface area contributed by atoms with Crippen LogP contribution in [0.4, 0.5) is 0 Å². The first-order valence-corrected chi connectivity index (χ1v) is 10.1. The number of rotatable bonds is 15. The van der Waals surface area contributed by atoms with E-state index in [0.29, 0.717) is 6.04 Å². The molecule has 0 fully saturated rings. The minimum Gasteiger partial charge on any atom is -0.479 e. The Labute approximate surface area is 139 Å². The molecule has 0 aromatic carbocycles. The van der Waals surface area contributed by atoms with Gasteiger partial charge in [0.15, 0.2) is 5.90 Å². The monoisotopic (exact) mass is 309 g/mol. The van der Waals surface area contributed by atoms with Crippen LogP contribution in [0.5, 0.6) is 0 Å². The highest BCUT2D eigenvalue weighted by Crippen LogP contribution is 2.15. The summed E-state index contributed by atoms with van der Waals surface area (Å²) in [5.74, 6) is 1.02. The molecule has 0 radical (unpaired) electrons. The van der Waals surface area contributed by atoms with E-state index in [1.807, 2.05) is 0 Å². The number of nitrogens with zero attached hydrogens (tertiary/aromatic N) is 1. The molecule has 1 rings (SSSR count). The summed E-state index contributed by atoms with van der Waals surface area (Å²) < 4.78 is 5.61. The van der Waals surface area contributed by atoms with Crippen molar-refractivity contribution in [1.82, 2.24) is 0 Å². The van der Waals surface area contributed by atoms with E-state index in [1.54, 1.807) is 0 Å². The Morgan fingerprint density at radius 1 is 0.773 bits per heavy atom. The van der Waals surface area contributed by atoms with Crippen molar-refractivity contribution in [2.75, 3.05) is 6.61 Å². The first-order chi connectivity index (χ1) is 10.9. The highest BCUT2D eigenvalue weighted by Gasteiger charge is 2.15. The zero-order valence-corrected chi connectivity index (χ0v) is 15.2. The number of hydrogen-bond acceptors (Lipinski definition) is 2. The van der Waals surface area contributed by atoms with Gasteiger partial charge in [0.1, 0.15) is 6.61 Å². The summed E-state index contributed by atoms with van der Waals surface area (Å²) in [6, 6.07) is 0.442. The van der Waals surface area contributed by atoms with Gasteiger partial charge in [-0.05, 0) is 12.8 Å². The molecule has 0 N–H and O–H groups in total. The van der Waals surface area contributed by atoms with Crippen molar-refractivity contribution in [2.45, 2.75) is 116 Å². The normalized spacial score (nSPS) is 17.5. The number of aliphatic imine (C=N–C) groups is 1. The van der Waals surface area contributed by atoms with Crippen LogP contribution < -0.4 is 0 Å². The molecular weight excluding hydrogens is 270 g/mol. The smallest absolute Gasteiger partial charge is 0.183 e. The third kappa shape index (κ3) is 10.2. The van der Waals surface area contributed by atoms with E-state index in [-0.39, 0.29) is 0 Å². The summed E-state index contributed by atoms with van der Waals surface area (Å²) in [5, 5.41) is 0. The van der Waals surface area contributed by atoms with Crippen molar-refractivity contribution < 1.29 is 4.74 Å². The fraction of sp³-hybridized carbons (Fsp3) is 0.950. The molecule has 0 saturated carbocycles. The molecule has 0 spiro atoms. The Bertz CT molecular complexity index is 275. The molecule has 1 heterocycles. The standard InChI is InChI=1S/C20H39NO/c1-3-5-6-7-8-9-10-11-12-13-14-15-16-17-20-21-19(4-2)18-22-20/h19H,3-18H2,1-2H3. The van der Waals surface area contributed by atoms with Crippen molar-refractivity contribution in [3.8, 4) is 0 Å². The van der Waals surface area contributed by atoms with Gasteiger partial charge in [0.25, 0.3) is 0 Å². The van der Waals surface area contributed by atoms with E-state index in [1.165, 1.54) is 83.5 Å². The molecule has 2 nitrogen and oxygen atoms in total. The number of unbranched alkanes of at least 4 members (excludes halogenated alkanes) is 12. The molecule has 0 aromatic heterocycles. The SMILES string of the molecule is CCCCCCCCCCCCCCCC1=NC(CC)CO1. The van der Waals surface area contributed by atoms with Gasteiger partial charge in [-0.1, -0.05) is 90.9 Å². The fourth-order valence-electron chi connectivity index (χ4n) is 3.11. The Hall–Kier alpha value is -0.530. The van der Waals surface area contributed by atoms with Crippen LogP contribution in [0.2, 0.25) is 0 Å². The predicted molar refractivity (Wildman–Crippen MR) is 97.8 cm³/mol. The predicted octanol–water partition coefficient (Wildman–Crippen LogP) is 6.68. The maximum absolute atomic E-state index is 5.61. The van der Waals surface area contributed by atoms with Crippen LogP contribution >= 0.6 is 0 Å². The quantitative estimate of drug-likeness (QED) is 0.309. The van der Waals surface area contributed by atoms with E-state index in [9.17, 15) is 0 Å². The molecule has 0 aliphatic carbocycles. The Kier molecular flexibility index (Phi) is 12.5. The highest BCUT2D eigenvalue weighted by atomic mass is 16.5. The van der Waals surface area contributed by atoms with Crippen molar-refractivity contribution >= 4 is 5.90 Å². The van der Waals surface area contributed by atoms with Crippen LogP contribution in [0.1, 0.15) is 110 Å². The number of hydrogen-bond donors (Lipinski definition) is 0. The summed E-state index contributed by atoms with van der Waals surface area (Å²) in [7, 11) is 0. The van der Waals surface area contributed by atoms with Gasteiger partial charge in [0.05, 0.1) is 6.04 Å². The van der Waals surface area contributed by atoms with Gasteiger partial charge in [-0.25, -0.2) is 4.99 Å². The van der Waals surface area contributed by atoms with Crippen molar-refractivity contribution in [3.63, 3.8) is 0 Å². The maximum atomic E-state index is 5.61. The second-order valence-electron chi connectivity index (χ2n) is 6.89. The molecule has 2 heteroatoms.